The number of aliphatic carboxylic acids is 2. The van der Waals surface area contributed by atoms with E-state index in [1.165, 1.54) is 13.2 Å². The number of hydrogen-bond acceptors (Lipinski definition) is 8. The van der Waals surface area contributed by atoms with Gasteiger partial charge in [0.25, 0.3) is 0 Å². The quantitative estimate of drug-likeness (QED) is 0.484. The van der Waals surface area contributed by atoms with Crippen molar-refractivity contribution in [2.75, 3.05) is 13.7 Å². The molecule has 1 aromatic carbocycles. The number of rotatable bonds is 6. The highest BCUT2D eigenvalue weighted by Crippen LogP contribution is 2.32. The second-order valence-electron chi connectivity index (χ2n) is 5.11. The molecule has 0 aliphatic carbocycles. The number of hydrogen-bond donors (Lipinski definition) is 3. The Hall–Kier alpha value is -3.82. The molecule has 4 N–H and O–H groups in total. The lowest BCUT2D eigenvalue weighted by molar-refractivity contribution is -0.134. The maximum atomic E-state index is 12.5. The smallest absolute Gasteiger partial charge is 0.374 e. The average molecular weight is 377 g/mol. The molecular formula is C17H15NO9. The lowest BCUT2D eigenvalue weighted by Gasteiger charge is -2.12. The van der Waals surface area contributed by atoms with Gasteiger partial charge in [-0.15, -0.1) is 0 Å². The molecule has 142 valence electrons. The highest BCUT2D eigenvalue weighted by molar-refractivity contribution is 6.24. The molecule has 0 aliphatic heterocycles. The first kappa shape index (κ1) is 19.5. The molecule has 0 unspecified atom stereocenters. The first-order valence-electron chi connectivity index (χ1n) is 7.51. The lowest BCUT2D eigenvalue weighted by Crippen LogP contribution is -2.18. The zero-order valence-corrected chi connectivity index (χ0v) is 14.3. The third-order valence-electron chi connectivity index (χ3n) is 3.52. The number of esters is 1. The Kier molecular flexibility index (Phi) is 5.49. The maximum Gasteiger partial charge on any atom is 0.374 e. The number of carboxylic acids is 2. The zero-order valence-electron chi connectivity index (χ0n) is 14.3. The molecule has 1 aromatic heterocycles. The molecule has 0 bridgehead atoms. The van der Waals surface area contributed by atoms with Crippen LogP contribution in [0.15, 0.2) is 33.1 Å². The van der Waals surface area contributed by atoms with E-state index >= 15 is 0 Å². The van der Waals surface area contributed by atoms with Gasteiger partial charge in [0, 0.05) is 11.6 Å². The number of carbonyl (C=O) groups excluding carboxylic acids is 1. The minimum Gasteiger partial charge on any atom is -0.496 e. The zero-order chi connectivity index (χ0) is 20.3. The summed E-state index contributed by atoms with van der Waals surface area (Å²) in [6.45, 7) is 1.56. The van der Waals surface area contributed by atoms with Gasteiger partial charge in [-0.2, -0.15) is 0 Å². The van der Waals surface area contributed by atoms with E-state index in [4.69, 9.17) is 24.7 Å². The standard InChI is InChI=1S/C17H15NO9/c1-3-26-17(24)10-6-8(19)12-9(25-2)5-4-7(14(12)27-10)11(15(20)21)13(18)16(22)23/h4-6H,3,18H2,1-2H3,(H,20,21)(H,22,23). The molecule has 10 heteroatoms. The van der Waals surface area contributed by atoms with Gasteiger partial charge in [-0.25, -0.2) is 14.4 Å². The molecule has 0 amide bonds. The summed E-state index contributed by atoms with van der Waals surface area (Å²) in [5, 5.41) is 18.3. The Morgan fingerprint density at radius 2 is 1.85 bits per heavy atom. The summed E-state index contributed by atoms with van der Waals surface area (Å²) < 4.78 is 15.2. The molecule has 0 spiro atoms. The molecule has 10 nitrogen and oxygen atoms in total. The van der Waals surface area contributed by atoms with Crippen molar-refractivity contribution < 1.29 is 38.5 Å². The molecule has 27 heavy (non-hydrogen) atoms. The van der Waals surface area contributed by atoms with Gasteiger partial charge in [-0.3, -0.25) is 4.79 Å². The second-order valence-corrected chi connectivity index (χ2v) is 5.11. The molecule has 0 saturated carbocycles. The molecule has 0 atom stereocenters. The van der Waals surface area contributed by atoms with Gasteiger partial charge in [0.15, 0.2) is 11.0 Å². The highest BCUT2D eigenvalue weighted by Gasteiger charge is 2.26. The van der Waals surface area contributed by atoms with Crippen LogP contribution in [0.5, 0.6) is 5.75 Å². The van der Waals surface area contributed by atoms with Crippen molar-refractivity contribution in [1.29, 1.82) is 0 Å². The summed E-state index contributed by atoms with van der Waals surface area (Å²) in [7, 11) is 1.27. The van der Waals surface area contributed by atoms with Crippen LogP contribution in [0.25, 0.3) is 16.5 Å². The van der Waals surface area contributed by atoms with Crippen LogP contribution in [0.3, 0.4) is 0 Å². The van der Waals surface area contributed by atoms with Crippen molar-refractivity contribution in [3.8, 4) is 5.75 Å². The molecule has 0 aliphatic rings. The summed E-state index contributed by atoms with van der Waals surface area (Å²) in [4.78, 5) is 47.2. The predicted octanol–water partition coefficient (Wildman–Crippen LogP) is 0.817. The van der Waals surface area contributed by atoms with Crippen molar-refractivity contribution in [3.05, 3.63) is 45.4 Å². The first-order chi connectivity index (χ1) is 12.7. The van der Waals surface area contributed by atoms with Gasteiger partial charge < -0.3 is 29.8 Å². The van der Waals surface area contributed by atoms with E-state index in [2.05, 4.69) is 0 Å². The van der Waals surface area contributed by atoms with Gasteiger partial charge in [0.1, 0.15) is 22.4 Å². The van der Waals surface area contributed by atoms with Gasteiger partial charge in [-0.1, -0.05) is 0 Å². The van der Waals surface area contributed by atoms with Crippen LogP contribution >= 0.6 is 0 Å². The van der Waals surface area contributed by atoms with E-state index in [0.29, 0.717) is 0 Å². The summed E-state index contributed by atoms with van der Waals surface area (Å²) in [6, 6.07) is 3.30. The van der Waals surface area contributed by atoms with E-state index < -0.39 is 40.4 Å². The average Bonchev–Trinajstić information content (AvgIpc) is 2.61. The normalized spacial score (nSPS) is 11.6. The summed E-state index contributed by atoms with van der Waals surface area (Å²) in [5.41, 5.74) is 2.23. The number of carboxylic acid groups (broad SMARTS) is 2. The van der Waals surface area contributed by atoms with Gasteiger partial charge >= 0.3 is 17.9 Å². The van der Waals surface area contributed by atoms with Crippen LogP contribution in [-0.2, 0) is 14.3 Å². The molecule has 2 rings (SSSR count). The maximum absolute atomic E-state index is 12.5. The number of fused-ring (bicyclic) bond motifs is 1. The third kappa shape index (κ3) is 3.59. The van der Waals surface area contributed by atoms with Gasteiger partial charge in [-0.05, 0) is 19.1 Å². The summed E-state index contributed by atoms with van der Waals surface area (Å²) in [6.07, 6.45) is 0. The number of methoxy groups -OCH3 is 1. The van der Waals surface area contributed by atoms with Gasteiger partial charge in [0.2, 0.25) is 5.76 Å². The Bertz CT molecular complexity index is 1030. The van der Waals surface area contributed by atoms with E-state index in [9.17, 15) is 24.3 Å². The largest absolute Gasteiger partial charge is 0.496 e. The second kappa shape index (κ2) is 7.60. The van der Waals surface area contributed by atoms with E-state index in [1.807, 2.05) is 0 Å². The number of benzene rings is 1. The van der Waals surface area contributed by atoms with Crippen LogP contribution in [0.4, 0.5) is 0 Å². The van der Waals surface area contributed by atoms with Crippen molar-refractivity contribution in [2.24, 2.45) is 5.73 Å². The monoisotopic (exact) mass is 377 g/mol. The van der Waals surface area contributed by atoms with Crippen molar-refractivity contribution in [1.82, 2.24) is 0 Å². The Balaban J connectivity index is 2.98. The Morgan fingerprint density at radius 3 is 2.37 bits per heavy atom. The van der Waals surface area contributed by atoms with Crippen LogP contribution < -0.4 is 15.9 Å². The molecule has 0 saturated heterocycles. The number of ether oxygens (including phenoxy) is 2. The Labute approximate surface area is 151 Å². The summed E-state index contributed by atoms with van der Waals surface area (Å²) >= 11 is 0. The fraction of sp³-hybridized carbons (Fsp3) is 0.176. The predicted molar refractivity (Wildman–Crippen MR) is 91.4 cm³/mol. The number of nitrogens with two attached hydrogens (primary N) is 1. The van der Waals surface area contributed by atoms with E-state index in [-0.39, 0.29) is 28.9 Å². The first-order valence-corrected chi connectivity index (χ1v) is 7.51. The molecule has 1 heterocycles. The molecule has 0 radical (unpaired) electrons. The van der Waals surface area contributed by atoms with E-state index in [0.717, 1.165) is 12.1 Å². The summed E-state index contributed by atoms with van der Waals surface area (Å²) in [5.74, 6) is -4.73. The van der Waals surface area contributed by atoms with Crippen LogP contribution in [0.2, 0.25) is 0 Å². The van der Waals surface area contributed by atoms with Crippen LogP contribution in [0, 0.1) is 0 Å². The fourth-order valence-electron chi connectivity index (χ4n) is 2.39. The minimum absolute atomic E-state index is 0.0117. The topological polar surface area (TPSA) is 166 Å². The third-order valence-corrected chi connectivity index (χ3v) is 3.52. The van der Waals surface area contributed by atoms with Gasteiger partial charge in [0.05, 0.1) is 13.7 Å². The minimum atomic E-state index is -1.68. The number of carbonyl (C=O) groups is 3. The SMILES string of the molecule is CCOC(=O)c1cc(=O)c2c(OC)ccc(C(C(=O)O)=C(N)C(=O)O)c2o1. The molecular weight excluding hydrogens is 362 g/mol. The van der Waals surface area contributed by atoms with Crippen molar-refractivity contribution >= 4 is 34.5 Å². The molecule has 2 aromatic rings. The van der Waals surface area contributed by atoms with Crippen molar-refractivity contribution in [2.45, 2.75) is 6.92 Å². The molecule has 0 fully saturated rings. The highest BCUT2D eigenvalue weighted by atomic mass is 16.5. The van der Waals surface area contributed by atoms with Crippen LogP contribution in [-0.4, -0.2) is 41.8 Å². The lowest BCUT2D eigenvalue weighted by atomic mass is 10.00. The fourth-order valence-corrected chi connectivity index (χ4v) is 2.39. The Morgan fingerprint density at radius 1 is 1.19 bits per heavy atom. The van der Waals surface area contributed by atoms with Crippen LogP contribution in [0.1, 0.15) is 23.0 Å². The van der Waals surface area contributed by atoms with Crippen molar-refractivity contribution in [3.63, 3.8) is 0 Å². The van der Waals surface area contributed by atoms with E-state index in [1.54, 1.807) is 6.92 Å².